The molecule has 29 heavy (non-hydrogen) atoms. The fourth-order valence-corrected chi connectivity index (χ4v) is 2.68. The maximum absolute atomic E-state index is 12.2. The summed E-state index contributed by atoms with van der Waals surface area (Å²) in [6.07, 6.45) is 3.18. The van der Waals surface area contributed by atoms with Gasteiger partial charge in [-0.05, 0) is 47.5 Å². The van der Waals surface area contributed by atoms with Crippen LogP contribution in [0.2, 0.25) is 0 Å². The molecule has 5 nitrogen and oxygen atoms in total. The molecule has 0 aliphatic carbocycles. The molecule has 0 saturated carbocycles. The first-order chi connectivity index (χ1) is 14.1. The molecule has 3 aromatic rings. The molecule has 0 spiro atoms. The summed E-state index contributed by atoms with van der Waals surface area (Å²) in [6, 6.07) is 24.5. The van der Waals surface area contributed by atoms with Crippen LogP contribution in [0.15, 0.2) is 84.9 Å². The van der Waals surface area contributed by atoms with Crippen LogP contribution in [0.5, 0.6) is 5.75 Å². The lowest BCUT2D eigenvalue weighted by Gasteiger charge is -2.07. The summed E-state index contributed by atoms with van der Waals surface area (Å²) in [5.74, 6) is 0.308. The van der Waals surface area contributed by atoms with Crippen molar-refractivity contribution in [3.05, 3.63) is 96.1 Å². The van der Waals surface area contributed by atoms with Gasteiger partial charge in [0.2, 0.25) is 11.8 Å². The van der Waals surface area contributed by atoms with E-state index in [2.05, 4.69) is 10.6 Å². The molecule has 0 unspecified atom stereocenters. The van der Waals surface area contributed by atoms with Crippen molar-refractivity contribution in [3.63, 3.8) is 0 Å². The minimum atomic E-state index is -0.263. The second kappa shape index (κ2) is 9.90. The second-order valence-electron chi connectivity index (χ2n) is 6.43. The molecule has 5 heteroatoms. The zero-order valence-electron chi connectivity index (χ0n) is 16.1. The van der Waals surface area contributed by atoms with Crippen molar-refractivity contribution >= 4 is 29.3 Å². The summed E-state index contributed by atoms with van der Waals surface area (Å²) < 4.78 is 5.81. The Kier molecular flexibility index (Phi) is 6.79. The lowest BCUT2D eigenvalue weighted by atomic mass is 10.2. The molecule has 0 fully saturated rings. The minimum absolute atomic E-state index is 0.164. The fraction of sp³-hybridized carbons (Fsp3) is 0.0833. The second-order valence-corrected chi connectivity index (χ2v) is 6.43. The van der Waals surface area contributed by atoms with Gasteiger partial charge in [0, 0.05) is 24.4 Å². The van der Waals surface area contributed by atoms with Crippen molar-refractivity contribution in [2.24, 2.45) is 0 Å². The Morgan fingerprint density at radius 3 is 2.34 bits per heavy atom. The van der Waals surface area contributed by atoms with E-state index < -0.39 is 0 Å². The molecular formula is C24H22N2O3. The van der Waals surface area contributed by atoms with E-state index >= 15 is 0 Å². The first-order valence-corrected chi connectivity index (χ1v) is 9.22. The molecule has 2 amide bonds. The van der Waals surface area contributed by atoms with Gasteiger partial charge in [0.1, 0.15) is 12.4 Å². The number of carbonyl (C=O) groups is 2. The van der Waals surface area contributed by atoms with Gasteiger partial charge in [-0.3, -0.25) is 9.59 Å². The summed E-state index contributed by atoms with van der Waals surface area (Å²) >= 11 is 0. The fourth-order valence-electron chi connectivity index (χ4n) is 2.68. The van der Waals surface area contributed by atoms with Crippen molar-refractivity contribution < 1.29 is 14.3 Å². The number of hydrogen-bond acceptors (Lipinski definition) is 3. The lowest BCUT2D eigenvalue weighted by Crippen LogP contribution is -2.09. The highest BCUT2D eigenvalue weighted by Crippen LogP contribution is 2.17. The molecule has 0 atom stereocenters. The van der Waals surface area contributed by atoms with E-state index in [1.54, 1.807) is 30.3 Å². The molecule has 0 saturated heterocycles. The topological polar surface area (TPSA) is 67.4 Å². The summed E-state index contributed by atoms with van der Waals surface area (Å²) in [6.45, 7) is 1.92. The number of rotatable bonds is 7. The number of benzene rings is 3. The van der Waals surface area contributed by atoms with E-state index in [-0.39, 0.29) is 11.8 Å². The molecule has 3 rings (SSSR count). The third kappa shape index (κ3) is 6.66. The summed E-state index contributed by atoms with van der Waals surface area (Å²) in [5.41, 5.74) is 3.18. The average molecular weight is 386 g/mol. The third-order valence-electron chi connectivity index (χ3n) is 3.98. The minimum Gasteiger partial charge on any atom is -0.489 e. The van der Waals surface area contributed by atoms with Crippen molar-refractivity contribution in [2.75, 3.05) is 10.6 Å². The van der Waals surface area contributed by atoms with E-state index in [0.29, 0.717) is 18.0 Å². The molecule has 0 aliphatic heterocycles. The van der Waals surface area contributed by atoms with Crippen molar-refractivity contribution in [1.82, 2.24) is 0 Å². The monoisotopic (exact) mass is 386 g/mol. The molecule has 0 aromatic heterocycles. The van der Waals surface area contributed by atoms with Crippen molar-refractivity contribution in [1.29, 1.82) is 0 Å². The Morgan fingerprint density at radius 1 is 0.862 bits per heavy atom. The normalized spacial score (nSPS) is 10.5. The largest absolute Gasteiger partial charge is 0.489 e. The van der Waals surface area contributed by atoms with E-state index in [1.165, 1.54) is 13.0 Å². The highest BCUT2D eigenvalue weighted by Gasteiger charge is 2.02. The first kappa shape index (κ1) is 19.9. The SMILES string of the molecule is CC(=O)Nc1cccc(NC(=O)/C=C/c2cccc(OCc3ccccc3)c2)c1. The Bertz CT molecular complexity index is 1010. The average Bonchev–Trinajstić information content (AvgIpc) is 2.72. The first-order valence-electron chi connectivity index (χ1n) is 9.22. The van der Waals surface area contributed by atoms with Crippen LogP contribution in [-0.2, 0) is 16.2 Å². The van der Waals surface area contributed by atoms with Gasteiger partial charge in [0.15, 0.2) is 0 Å². The van der Waals surface area contributed by atoms with Crippen LogP contribution in [0.25, 0.3) is 6.08 Å². The number of hydrogen-bond donors (Lipinski definition) is 2. The smallest absolute Gasteiger partial charge is 0.248 e. The molecular weight excluding hydrogens is 364 g/mol. The van der Waals surface area contributed by atoms with Crippen molar-refractivity contribution in [3.8, 4) is 5.75 Å². The quantitative estimate of drug-likeness (QED) is 0.569. The van der Waals surface area contributed by atoms with Crippen molar-refractivity contribution in [2.45, 2.75) is 13.5 Å². The zero-order chi connectivity index (χ0) is 20.5. The molecule has 0 radical (unpaired) electrons. The van der Waals surface area contributed by atoms with Gasteiger partial charge in [-0.2, -0.15) is 0 Å². The Balaban J connectivity index is 1.58. The molecule has 0 aliphatic rings. The molecule has 0 bridgehead atoms. The summed E-state index contributed by atoms with van der Waals surface area (Å²) in [4.78, 5) is 23.3. The number of carbonyl (C=O) groups excluding carboxylic acids is 2. The highest BCUT2D eigenvalue weighted by molar-refractivity contribution is 6.02. The number of ether oxygens (including phenoxy) is 1. The number of anilines is 2. The standard InChI is InChI=1S/C24H22N2O3/c1-18(27)25-21-10-6-11-22(16-21)26-24(28)14-13-19-9-5-12-23(15-19)29-17-20-7-3-2-4-8-20/h2-16H,17H2,1H3,(H,25,27)(H,26,28)/b14-13+. The molecule has 2 N–H and O–H groups in total. The third-order valence-corrected chi connectivity index (χ3v) is 3.98. The predicted molar refractivity (Wildman–Crippen MR) is 116 cm³/mol. The van der Waals surface area contributed by atoms with Crippen LogP contribution in [-0.4, -0.2) is 11.8 Å². The van der Waals surface area contributed by atoms with Crippen LogP contribution < -0.4 is 15.4 Å². The van der Waals surface area contributed by atoms with E-state index in [9.17, 15) is 9.59 Å². The van der Waals surface area contributed by atoms with Gasteiger partial charge in [0.05, 0.1) is 0 Å². The Morgan fingerprint density at radius 2 is 1.59 bits per heavy atom. The van der Waals surface area contributed by atoms with Crippen LogP contribution >= 0.6 is 0 Å². The summed E-state index contributed by atoms with van der Waals surface area (Å²) in [7, 11) is 0. The van der Waals surface area contributed by atoms with Crippen LogP contribution in [0, 0.1) is 0 Å². The van der Waals surface area contributed by atoms with Crippen LogP contribution in [0.3, 0.4) is 0 Å². The number of nitrogens with one attached hydrogen (secondary N) is 2. The Labute approximate surface area is 170 Å². The van der Waals surface area contributed by atoms with E-state index in [0.717, 1.165) is 16.9 Å². The number of amides is 2. The van der Waals surface area contributed by atoms with Gasteiger partial charge in [-0.1, -0.05) is 48.5 Å². The zero-order valence-corrected chi connectivity index (χ0v) is 16.1. The van der Waals surface area contributed by atoms with Crippen LogP contribution in [0.1, 0.15) is 18.1 Å². The molecule has 3 aromatic carbocycles. The maximum Gasteiger partial charge on any atom is 0.248 e. The summed E-state index contributed by atoms with van der Waals surface area (Å²) in [5, 5.41) is 5.46. The maximum atomic E-state index is 12.2. The van der Waals surface area contributed by atoms with Crippen LogP contribution in [0.4, 0.5) is 11.4 Å². The molecule has 146 valence electrons. The van der Waals surface area contributed by atoms with Gasteiger partial charge in [-0.15, -0.1) is 0 Å². The van der Waals surface area contributed by atoms with Gasteiger partial charge < -0.3 is 15.4 Å². The van der Waals surface area contributed by atoms with E-state index in [4.69, 9.17) is 4.74 Å². The lowest BCUT2D eigenvalue weighted by molar-refractivity contribution is -0.114. The highest BCUT2D eigenvalue weighted by atomic mass is 16.5. The predicted octanol–water partition coefficient (Wildman–Crippen LogP) is 4.88. The van der Waals surface area contributed by atoms with Gasteiger partial charge in [0.25, 0.3) is 0 Å². The Hall–Kier alpha value is -3.86. The van der Waals surface area contributed by atoms with Gasteiger partial charge >= 0.3 is 0 Å². The van der Waals surface area contributed by atoms with Gasteiger partial charge in [-0.25, -0.2) is 0 Å². The van der Waals surface area contributed by atoms with E-state index in [1.807, 2.05) is 54.6 Å². The molecule has 0 heterocycles.